The first-order chi connectivity index (χ1) is 19.2. The Morgan fingerprint density at radius 3 is 2.48 bits per heavy atom. The molecule has 0 unspecified atom stereocenters. The molecule has 1 saturated carbocycles. The van der Waals surface area contributed by atoms with Crippen LogP contribution in [0.5, 0.6) is 0 Å². The monoisotopic (exact) mass is 555 g/mol. The van der Waals surface area contributed by atoms with E-state index in [1.807, 2.05) is 18.7 Å². The lowest BCUT2D eigenvalue weighted by Crippen LogP contribution is -2.73. The number of nitrogens with one attached hydrogen (secondary N) is 1. The van der Waals surface area contributed by atoms with E-state index in [2.05, 4.69) is 22.2 Å². The van der Waals surface area contributed by atoms with Crippen molar-refractivity contribution < 1.29 is 18.4 Å². The number of piperazine rings is 1. The first kappa shape index (κ1) is 28.7. The van der Waals surface area contributed by atoms with Crippen molar-refractivity contribution in [3.05, 3.63) is 46.8 Å². The van der Waals surface area contributed by atoms with Gasteiger partial charge in [-0.2, -0.15) is 5.10 Å². The SMILES string of the molecule is CCCCN1C(=O)[C@H](CC2CCCCC2)NC(=O)C12CCN(Cc1c(C)nn(-c3ccc(F)cc3F)c1C)CC2. The highest BCUT2D eigenvalue weighted by Gasteiger charge is 2.53. The maximum atomic E-state index is 14.5. The van der Waals surface area contributed by atoms with Gasteiger partial charge in [-0.15, -0.1) is 0 Å². The van der Waals surface area contributed by atoms with Crippen molar-refractivity contribution >= 4 is 11.8 Å². The van der Waals surface area contributed by atoms with E-state index in [1.165, 1.54) is 36.1 Å². The van der Waals surface area contributed by atoms with Crippen LogP contribution in [0.15, 0.2) is 18.2 Å². The highest BCUT2D eigenvalue weighted by molar-refractivity contribution is 6.00. The van der Waals surface area contributed by atoms with Crippen LogP contribution < -0.4 is 5.32 Å². The molecule has 2 amide bonds. The number of benzene rings is 1. The van der Waals surface area contributed by atoms with Crippen molar-refractivity contribution in [1.29, 1.82) is 0 Å². The Kier molecular flexibility index (Phi) is 8.59. The summed E-state index contributed by atoms with van der Waals surface area (Å²) < 4.78 is 29.5. The van der Waals surface area contributed by atoms with Crippen molar-refractivity contribution in [3.63, 3.8) is 0 Å². The van der Waals surface area contributed by atoms with Gasteiger partial charge in [-0.3, -0.25) is 14.5 Å². The number of aromatic nitrogens is 2. The average Bonchev–Trinajstić information content (AvgIpc) is 3.21. The Bertz CT molecular complexity index is 1230. The maximum absolute atomic E-state index is 14.5. The Hall–Kier alpha value is -2.81. The largest absolute Gasteiger partial charge is 0.342 e. The van der Waals surface area contributed by atoms with E-state index in [0.29, 0.717) is 44.9 Å². The molecular formula is C31H43F2N5O2. The number of likely N-dealkylation sites (tertiary alicyclic amines) is 1. The molecule has 1 N–H and O–H groups in total. The van der Waals surface area contributed by atoms with Crippen LogP contribution in [0, 0.1) is 31.4 Å². The summed E-state index contributed by atoms with van der Waals surface area (Å²) in [5.74, 6) is -0.650. The lowest BCUT2D eigenvalue weighted by atomic mass is 9.79. The number of carbonyl (C=O) groups is 2. The molecule has 9 heteroatoms. The summed E-state index contributed by atoms with van der Waals surface area (Å²) in [7, 11) is 0. The predicted molar refractivity (Wildman–Crippen MR) is 150 cm³/mol. The molecule has 7 nitrogen and oxygen atoms in total. The van der Waals surface area contributed by atoms with E-state index < -0.39 is 23.2 Å². The van der Waals surface area contributed by atoms with Gasteiger partial charge >= 0.3 is 0 Å². The van der Waals surface area contributed by atoms with Crippen molar-refractivity contribution in [2.24, 2.45) is 5.92 Å². The highest BCUT2D eigenvalue weighted by Crippen LogP contribution is 2.36. The molecule has 3 heterocycles. The van der Waals surface area contributed by atoms with Gasteiger partial charge in [-0.25, -0.2) is 13.5 Å². The third kappa shape index (κ3) is 5.54. The quantitative estimate of drug-likeness (QED) is 0.486. The van der Waals surface area contributed by atoms with E-state index in [9.17, 15) is 18.4 Å². The molecule has 40 heavy (non-hydrogen) atoms. The van der Waals surface area contributed by atoms with Crippen LogP contribution in [-0.2, 0) is 16.1 Å². The molecular weight excluding hydrogens is 512 g/mol. The Morgan fingerprint density at radius 1 is 1.07 bits per heavy atom. The molecule has 2 aliphatic heterocycles. The fourth-order valence-corrected chi connectivity index (χ4v) is 7.03. The number of nitrogens with zero attached hydrogens (tertiary/aromatic N) is 4. The summed E-state index contributed by atoms with van der Waals surface area (Å²) in [6.07, 6.45) is 9.79. The summed E-state index contributed by atoms with van der Waals surface area (Å²) in [5, 5.41) is 7.72. The van der Waals surface area contributed by atoms with Gasteiger partial charge in [0, 0.05) is 43.5 Å². The van der Waals surface area contributed by atoms with Crippen LogP contribution in [0.4, 0.5) is 8.78 Å². The topological polar surface area (TPSA) is 70.5 Å². The first-order valence-corrected chi connectivity index (χ1v) is 15.1. The third-order valence-electron chi connectivity index (χ3n) is 9.48. The number of rotatable bonds is 8. The zero-order valence-electron chi connectivity index (χ0n) is 24.1. The Balaban J connectivity index is 1.29. The average molecular weight is 556 g/mol. The van der Waals surface area contributed by atoms with Gasteiger partial charge in [-0.1, -0.05) is 45.4 Å². The number of unbranched alkanes of at least 4 members (excludes halogenated alkanes) is 1. The highest BCUT2D eigenvalue weighted by atomic mass is 19.1. The van der Waals surface area contributed by atoms with Crippen LogP contribution in [-0.4, -0.2) is 62.6 Å². The summed E-state index contributed by atoms with van der Waals surface area (Å²) in [6, 6.07) is 3.11. The predicted octanol–water partition coefficient (Wildman–Crippen LogP) is 5.20. The van der Waals surface area contributed by atoms with Gasteiger partial charge in [0.1, 0.15) is 23.1 Å². The molecule has 5 rings (SSSR count). The molecule has 1 aromatic heterocycles. The van der Waals surface area contributed by atoms with Crippen molar-refractivity contribution in [2.45, 2.75) is 103 Å². The molecule has 3 fully saturated rings. The van der Waals surface area contributed by atoms with Gasteiger partial charge < -0.3 is 10.2 Å². The normalized spacial score (nSPS) is 22.2. The summed E-state index contributed by atoms with van der Waals surface area (Å²) in [6.45, 7) is 8.50. The molecule has 1 aliphatic carbocycles. The van der Waals surface area contributed by atoms with Crippen LogP contribution >= 0.6 is 0 Å². The van der Waals surface area contributed by atoms with E-state index in [1.54, 1.807) is 0 Å². The minimum absolute atomic E-state index is 0.00984. The van der Waals surface area contributed by atoms with E-state index in [0.717, 1.165) is 55.1 Å². The Labute approximate surface area is 236 Å². The molecule has 0 radical (unpaired) electrons. The second kappa shape index (κ2) is 12.0. The molecule has 2 aromatic rings. The van der Waals surface area contributed by atoms with Crippen molar-refractivity contribution in [2.75, 3.05) is 19.6 Å². The first-order valence-electron chi connectivity index (χ1n) is 15.1. The zero-order chi connectivity index (χ0) is 28.4. The summed E-state index contributed by atoms with van der Waals surface area (Å²) in [4.78, 5) is 31.8. The number of carbonyl (C=O) groups excluding carboxylic acids is 2. The zero-order valence-corrected chi connectivity index (χ0v) is 24.1. The van der Waals surface area contributed by atoms with Crippen LogP contribution in [0.2, 0.25) is 0 Å². The minimum Gasteiger partial charge on any atom is -0.342 e. The number of piperidine rings is 1. The van der Waals surface area contributed by atoms with Crippen molar-refractivity contribution in [3.8, 4) is 5.69 Å². The van der Waals surface area contributed by atoms with Crippen molar-refractivity contribution in [1.82, 2.24) is 24.9 Å². The smallest absolute Gasteiger partial charge is 0.246 e. The standard InChI is InChI=1S/C31H43F2N5O2/c1-4-5-15-37-29(39)27(18-23-9-7-6-8-10-23)34-30(40)31(37)13-16-36(17-14-31)20-25-21(2)35-38(22(25)3)28-12-11-24(32)19-26(28)33/h11-12,19,23,27H,4-10,13-18,20H2,1-3H3,(H,34,40)/t27-/m0/s1. The second-order valence-electron chi connectivity index (χ2n) is 12.1. The van der Waals surface area contributed by atoms with E-state index in [-0.39, 0.29) is 17.5 Å². The number of hydrogen-bond acceptors (Lipinski definition) is 4. The maximum Gasteiger partial charge on any atom is 0.246 e. The molecule has 218 valence electrons. The van der Waals surface area contributed by atoms with Crippen LogP contribution in [0.3, 0.4) is 0 Å². The van der Waals surface area contributed by atoms with Gasteiger partial charge in [0.15, 0.2) is 5.82 Å². The van der Waals surface area contributed by atoms with Gasteiger partial charge in [0.25, 0.3) is 0 Å². The fourth-order valence-electron chi connectivity index (χ4n) is 7.03. The summed E-state index contributed by atoms with van der Waals surface area (Å²) in [5.41, 5.74) is 2.03. The van der Waals surface area contributed by atoms with E-state index >= 15 is 0 Å². The molecule has 3 aliphatic rings. The van der Waals surface area contributed by atoms with Gasteiger partial charge in [0.05, 0.1) is 5.69 Å². The second-order valence-corrected chi connectivity index (χ2v) is 12.1. The lowest BCUT2D eigenvalue weighted by molar-refractivity contribution is -0.162. The number of hydrogen-bond donors (Lipinski definition) is 1. The van der Waals surface area contributed by atoms with Crippen LogP contribution in [0.25, 0.3) is 5.69 Å². The number of amides is 2. The van der Waals surface area contributed by atoms with E-state index in [4.69, 9.17) is 0 Å². The molecule has 0 bridgehead atoms. The molecule has 1 aromatic carbocycles. The lowest BCUT2D eigenvalue weighted by Gasteiger charge is -2.52. The fraction of sp³-hybridized carbons (Fsp3) is 0.645. The number of halogens is 2. The Morgan fingerprint density at radius 2 is 1.80 bits per heavy atom. The van der Waals surface area contributed by atoms with Gasteiger partial charge in [0.2, 0.25) is 11.8 Å². The van der Waals surface area contributed by atoms with Crippen LogP contribution in [0.1, 0.15) is 88.1 Å². The molecule has 1 spiro atoms. The minimum atomic E-state index is -0.794. The number of aryl methyl sites for hydroxylation is 1. The molecule has 2 saturated heterocycles. The molecule has 1 atom stereocenters. The third-order valence-corrected chi connectivity index (χ3v) is 9.48. The summed E-state index contributed by atoms with van der Waals surface area (Å²) >= 11 is 0. The van der Waals surface area contributed by atoms with Gasteiger partial charge in [-0.05, 0) is 57.6 Å².